The molecule has 1 N–H and O–H groups in total. The molecule has 0 aliphatic rings. The molecule has 6 nitrogen and oxygen atoms in total. The highest BCUT2D eigenvalue weighted by atomic mass is 32.1. The minimum atomic E-state index is -0.338. The fourth-order valence-corrected chi connectivity index (χ4v) is 2.20. The Balaban J connectivity index is 1.58. The number of hydrogen-bond acceptors (Lipinski definition) is 5. The molecule has 3 rings (SSSR count). The predicted octanol–water partition coefficient (Wildman–Crippen LogP) is 2.77. The van der Waals surface area contributed by atoms with Gasteiger partial charge in [0.25, 0.3) is 5.91 Å². The van der Waals surface area contributed by atoms with E-state index < -0.39 is 0 Å². The van der Waals surface area contributed by atoms with Crippen LogP contribution in [0.1, 0.15) is 10.5 Å². The number of amides is 1. The third-order valence-corrected chi connectivity index (χ3v) is 3.39. The summed E-state index contributed by atoms with van der Waals surface area (Å²) in [6.45, 7) is 0.121. The van der Waals surface area contributed by atoms with Gasteiger partial charge < -0.3 is 4.74 Å². The van der Waals surface area contributed by atoms with Crippen molar-refractivity contribution in [2.24, 2.45) is 0 Å². The Morgan fingerprint density at radius 3 is 2.86 bits per heavy atom. The van der Waals surface area contributed by atoms with Gasteiger partial charge in [0.2, 0.25) is 0 Å². The van der Waals surface area contributed by atoms with Crippen molar-refractivity contribution in [2.75, 3.05) is 5.32 Å². The number of nitrogens with one attached hydrogen (secondary N) is 1. The molecule has 8 heteroatoms. The van der Waals surface area contributed by atoms with Crippen LogP contribution in [0.2, 0.25) is 0 Å². The molecule has 0 radical (unpaired) electrons. The van der Waals surface area contributed by atoms with Gasteiger partial charge in [-0.3, -0.25) is 10.1 Å². The Morgan fingerprint density at radius 1 is 1.32 bits per heavy atom. The van der Waals surface area contributed by atoms with E-state index in [-0.39, 0.29) is 24.1 Å². The number of anilines is 1. The molecule has 0 atom stereocenters. The highest BCUT2D eigenvalue weighted by Gasteiger charge is 2.11. The molecule has 0 aliphatic carbocycles. The Bertz CT molecular complexity index is 756. The lowest BCUT2D eigenvalue weighted by molar-refractivity contribution is 0.102. The molecule has 3 aromatic rings. The second kappa shape index (κ2) is 6.35. The third kappa shape index (κ3) is 3.47. The van der Waals surface area contributed by atoms with Crippen LogP contribution in [0.3, 0.4) is 0 Å². The first-order valence-electron chi connectivity index (χ1n) is 6.33. The molecular weight excluding hydrogens is 307 g/mol. The first-order chi connectivity index (χ1) is 10.7. The normalized spacial score (nSPS) is 10.4. The van der Waals surface area contributed by atoms with Crippen molar-refractivity contribution in [3.05, 3.63) is 59.6 Å². The quantitative estimate of drug-likeness (QED) is 0.785. The van der Waals surface area contributed by atoms with Crippen molar-refractivity contribution in [3.8, 4) is 5.75 Å². The van der Waals surface area contributed by atoms with Gasteiger partial charge in [-0.05, 0) is 30.3 Å². The molecule has 0 aliphatic heterocycles. The van der Waals surface area contributed by atoms with Gasteiger partial charge in [-0.15, -0.1) is 11.3 Å². The SMILES string of the molecule is O=C(Nc1nccs1)c1ccn(COc2ccc(F)cc2)n1. The maximum absolute atomic E-state index is 12.8. The van der Waals surface area contributed by atoms with Crippen LogP contribution in [-0.4, -0.2) is 20.7 Å². The molecule has 0 spiro atoms. The Kier molecular flexibility index (Phi) is 4.10. The van der Waals surface area contributed by atoms with Crippen LogP contribution in [0.5, 0.6) is 5.75 Å². The largest absolute Gasteiger partial charge is 0.471 e. The lowest BCUT2D eigenvalue weighted by atomic mass is 10.3. The second-order valence-electron chi connectivity index (χ2n) is 4.26. The van der Waals surface area contributed by atoms with Gasteiger partial charge in [-0.25, -0.2) is 14.1 Å². The van der Waals surface area contributed by atoms with E-state index in [9.17, 15) is 9.18 Å². The summed E-state index contributed by atoms with van der Waals surface area (Å²) in [5, 5.41) is 9.03. The van der Waals surface area contributed by atoms with Crippen LogP contribution in [0.4, 0.5) is 9.52 Å². The lowest BCUT2D eigenvalue weighted by Gasteiger charge is -2.05. The van der Waals surface area contributed by atoms with Gasteiger partial charge in [0, 0.05) is 17.8 Å². The van der Waals surface area contributed by atoms with Gasteiger partial charge in [-0.2, -0.15) is 5.10 Å². The number of ether oxygens (including phenoxy) is 1. The van der Waals surface area contributed by atoms with Crippen LogP contribution < -0.4 is 10.1 Å². The van der Waals surface area contributed by atoms with Crippen LogP contribution >= 0.6 is 11.3 Å². The van der Waals surface area contributed by atoms with E-state index in [0.29, 0.717) is 10.9 Å². The zero-order valence-corrected chi connectivity index (χ0v) is 12.1. The Morgan fingerprint density at radius 2 is 2.14 bits per heavy atom. The van der Waals surface area contributed by atoms with Crippen molar-refractivity contribution in [2.45, 2.75) is 6.73 Å². The average molecular weight is 318 g/mol. The van der Waals surface area contributed by atoms with E-state index in [0.717, 1.165) is 0 Å². The maximum Gasteiger partial charge on any atom is 0.277 e. The third-order valence-electron chi connectivity index (χ3n) is 2.70. The number of benzene rings is 1. The Labute approximate surface area is 129 Å². The van der Waals surface area contributed by atoms with Crippen LogP contribution in [0.25, 0.3) is 0 Å². The summed E-state index contributed by atoms with van der Waals surface area (Å²) in [6, 6.07) is 7.25. The number of thiazole rings is 1. The van der Waals surface area contributed by atoms with E-state index in [1.165, 1.54) is 40.3 Å². The molecule has 0 saturated carbocycles. The molecule has 0 bridgehead atoms. The number of rotatable bonds is 5. The van der Waals surface area contributed by atoms with E-state index in [2.05, 4.69) is 15.4 Å². The molecule has 0 unspecified atom stereocenters. The molecule has 1 aromatic carbocycles. The number of hydrogen-bond donors (Lipinski definition) is 1. The minimum Gasteiger partial charge on any atom is -0.471 e. The van der Waals surface area contributed by atoms with Gasteiger partial charge in [0.15, 0.2) is 17.6 Å². The zero-order valence-electron chi connectivity index (χ0n) is 11.3. The molecule has 0 saturated heterocycles. The summed E-state index contributed by atoms with van der Waals surface area (Å²) in [7, 11) is 0. The van der Waals surface area contributed by atoms with Crippen molar-refractivity contribution >= 4 is 22.4 Å². The summed E-state index contributed by atoms with van der Waals surface area (Å²) in [4.78, 5) is 15.9. The van der Waals surface area contributed by atoms with Crippen molar-refractivity contribution < 1.29 is 13.9 Å². The number of aromatic nitrogens is 3. The minimum absolute atomic E-state index is 0.121. The number of nitrogens with zero attached hydrogens (tertiary/aromatic N) is 3. The van der Waals surface area contributed by atoms with Gasteiger partial charge in [-0.1, -0.05) is 0 Å². The highest BCUT2D eigenvalue weighted by molar-refractivity contribution is 7.13. The van der Waals surface area contributed by atoms with Gasteiger partial charge >= 0.3 is 0 Å². The highest BCUT2D eigenvalue weighted by Crippen LogP contribution is 2.13. The maximum atomic E-state index is 12.8. The summed E-state index contributed by atoms with van der Waals surface area (Å²) in [5.74, 6) is -0.145. The van der Waals surface area contributed by atoms with E-state index >= 15 is 0 Å². The van der Waals surface area contributed by atoms with E-state index in [1.807, 2.05) is 0 Å². The monoisotopic (exact) mass is 318 g/mol. The fourth-order valence-electron chi connectivity index (χ4n) is 1.67. The van der Waals surface area contributed by atoms with Crippen molar-refractivity contribution in [3.63, 3.8) is 0 Å². The van der Waals surface area contributed by atoms with Gasteiger partial charge in [0.05, 0.1) is 0 Å². The zero-order chi connectivity index (χ0) is 15.4. The molecule has 22 heavy (non-hydrogen) atoms. The molecule has 2 heterocycles. The molecular formula is C14H11FN4O2S. The first-order valence-corrected chi connectivity index (χ1v) is 7.21. The molecule has 112 valence electrons. The summed E-state index contributed by atoms with van der Waals surface area (Å²) in [6.07, 6.45) is 3.23. The van der Waals surface area contributed by atoms with E-state index in [4.69, 9.17) is 4.74 Å². The van der Waals surface area contributed by atoms with Crippen molar-refractivity contribution in [1.29, 1.82) is 0 Å². The number of halogens is 1. The Hall–Kier alpha value is -2.74. The molecule has 0 fully saturated rings. The topological polar surface area (TPSA) is 69.0 Å². The number of carbonyl (C=O) groups excluding carboxylic acids is 1. The van der Waals surface area contributed by atoms with E-state index in [1.54, 1.807) is 23.8 Å². The summed E-state index contributed by atoms with van der Waals surface area (Å²) in [5.41, 5.74) is 0.262. The van der Waals surface area contributed by atoms with Crippen LogP contribution in [-0.2, 0) is 6.73 Å². The molecule has 2 aromatic heterocycles. The molecule has 1 amide bonds. The average Bonchev–Trinajstić information content (AvgIpc) is 3.18. The van der Waals surface area contributed by atoms with Crippen molar-refractivity contribution in [1.82, 2.24) is 14.8 Å². The fraction of sp³-hybridized carbons (Fsp3) is 0.0714. The summed E-state index contributed by atoms with van der Waals surface area (Å²) < 4.78 is 19.7. The second-order valence-corrected chi connectivity index (χ2v) is 5.15. The van der Waals surface area contributed by atoms with Crippen LogP contribution in [0, 0.1) is 5.82 Å². The number of carbonyl (C=O) groups is 1. The lowest BCUT2D eigenvalue weighted by Crippen LogP contribution is -2.14. The standard InChI is InChI=1S/C14H11FN4O2S/c15-10-1-3-11(4-2-10)21-9-19-7-5-12(18-19)13(20)17-14-16-6-8-22-14/h1-8H,9H2,(H,16,17,20). The summed E-state index contributed by atoms with van der Waals surface area (Å²) >= 11 is 1.33. The predicted molar refractivity (Wildman–Crippen MR) is 79.3 cm³/mol. The van der Waals surface area contributed by atoms with Crippen LogP contribution in [0.15, 0.2) is 48.1 Å². The smallest absolute Gasteiger partial charge is 0.277 e. The first kappa shape index (κ1) is 14.2. The van der Waals surface area contributed by atoms with Gasteiger partial charge in [0.1, 0.15) is 11.6 Å².